The molecule has 0 fully saturated rings. The Morgan fingerprint density at radius 2 is 1.67 bits per heavy atom. The Balaban J connectivity index is 1.32. The van der Waals surface area contributed by atoms with Gasteiger partial charge in [-0.25, -0.2) is 0 Å². The third-order valence-electron chi connectivity index (χ3n) is 8.06. The van der Waals surface area contributed by atoms with E-state index < -0.39 is 5.97 Å². The summed E-state index contributed by atoms with van der Waals surface area (Å²) in [6, 6.07) is 24.7. The van der Waals surface area contributed by atoms with Crippen molar-refractivity contribution in [3.05, 3.63) is 95.1 Å². The van der Waals surface area contributed by atoms with Gasteiger partial charge in [0.15, 0.2) is 6.29 Å². The highest BCUT2D eigenvalue weighted by atomic mass is 16.7. The van der Waals surface area contributed by atoms with E-state index in [2.05, 4.69) is 65.8 Å². The first kappa shape index (κ1) is 32.9. The summed E-state index contributed by atoms with van der Waals surface area (Å²) >= 11 is 0. The third-order valence-corrected chi connectivity index (χ3v) is 8.06. The second-order valence-corrected chi connectivity index (χ2v) is 11.0. The summed E-state index contributed by atoms with van der Waals surface area (Å²) in [6.45, 7) is 7.72. The first-order chi connectivity index (χ1) is 22.4. The van der Waals surface area contributed by atoms with Crippen molar-refractivity contribution in [1.82, 2.24) is 10.3 Å². The number of carbonyl (C=O) groups is 1. The minimum absolute atomic E-state index is 0.135. The van der Waals surface area contributed by atoms with Gasteiger partial charge >= 0.3 is 5.97 Å². The number of rotatable bonds is 16. The Bertz CT molecular complexity index is 1620. The van der Waals surface area contributed by atoms with Crippen LogP contribution in [-0.2, 0) is 27.2 Å². The van der Waals surface area contributed by atoms with E-state index in [-0.39, 0.29) is 18.9 Å². The minimum Gasteiger partial charge on any atom is -0.488 e. The molecule has 0 saturated carbocycles. The number of carboxylic acids is 1. The summed E-state index contributed by atoms with van der Waals surface area (Å²) in [5, 5.41) is 11.8. The van der Waals surface area contributed by atoms with Gasteiger partial charge in [-0.3, -0.25) is 4.79 Å². The van der Waals surface area contributed by atoms with Gasteiger partial charge in [-0.05, 0) is 90.8 Å². The van der Waals surface area contributed by atoms with E-state index in [0.29, 0.717) is 38.1 Å². The van der Waals surface area contributed by atoms with Gasteiger partial charge in [0, 0.05) is 31.4 Å². The molecule has 0 spiro atoms. The molecule has 9 heteroatoms. The molecule has 4 aromatic rings. The van der Waals surface area contributed by atoms with Gasteiger partial charge in [-0.2, -0.15) is 4.98 Å². The molecular weight excluding hydrogens is 584 g/mol. The molecule has 5 rings (SSSR count). The molecule has 0 radical (unpaired) electrons. The number of aliphatic carboxylic acids is 1. The van der Waals surface area contributed by atoms with Crippen molar-refractivity contribution in [2.75, 3.05) is 33.5 Å². The zero-order valence-corrected chi connectivity index (χ0v) is 26.9. The Hall–Kier alpha value is -4.44. The molecule has 0 unspecified atom stereocenters. The zero-order valence-electron chi connectivity index (χ0n) is 26.9. The number of benzene rings is 3. The maximum Gasteiger partial charge on any atom is 0.317 e. The number of pyridine rings is 1. The summed E-state index contributed by atoms with van der Waals surface area (Å²) in [7, 11) is 1.55. The number of ether oxygens (including phenoxy) is 5. The predicted molar refractivity (Wildman–Crippen MR) is 176 cm³/mol. The van der Waals surface area contributed by atoms with Gasteiger partial charge in [0.25, 0.3) is 0 Å². The van der Waals surface area contributed by atoms with Crippen LogP contribution in [-0.4, -0.2) is 55.8 Å². The molecule has 1 aliphatic rings. The molecule has 1 atom stereocenters. The van der Waals surface area contributed by atoms with Crippen LogP contribution >= 0.6 is 0 Å². The molecule has 2 N–H and O–H groups in total. The molecular formula is C37H42N2O7. The van der Waals surface area contributed by atoms with Crippen LogP contribution in [0.25, 0.3) is 22.3 Å². The van der Waals surface area contributed by atoms with E-state index in [4.69, 9.17) is 28.8 Å². The molecule has 1 aromatic heterocycles. The lowest BCUT2D eigenvalue weighted by Gasteiger charge is -2.18. The number of aromatic nitrogens is 1. The van der Waals surface area contributed by atoms with E-state index in [1.807, 2.05) is 38.1 Å². The Kier molecular flexibility index (Phi) is 11.3. The molecule has 0 saturated heterocycles. The number of carboxylic acid groups (broad SMARTS) is 1. The lowest BCUT2D eigenvalue weighted by atomic mass is 9.89. The van der Waals surface area contributed by atoms with Crippen LogP contribution in [0.1, 0.15) is 48.6 Å². The summed E-state index contributed by atoms with van der Waals surface area (Å²) < 4.78 is 29.0. The van der Waals surface area contributed by atoms with E-state index >= 15 is 0 Å². The van der Waals surface area contributed by atoms with E-state index in [0.717, 1.165) is 35.3 Å². The molecule has 242 valence electrons. The van der Waals surface area contributed by atoms with Crippen molar-refractivity contribution in [3.8, 4) is 39.8 Å². The van der Waals surface area contributed by atoms with Crippen molar-refractivity contribution in [1.29, 1.82) is 0 Å². The number of hydrogen-bond acceptors (Lipinski definition) is 8. The fraction of sp³-hybridized carbons (Fsp3) is 0.351. The topological polar surface area (TPSA) is 108 Å². The highest BCUT2D eigenvalue weighted by Gasteiger charge is 2.28. The molecule has 9 nitrogen and oxygen atoms in total. The van der Waals surface area contributed by atoms with E-state index in [1.54, 1.807) is 7.11 Å². The maximum atomic E-state index is 10.8. The second-order valence-electron chi connectivity index (χ2n) is 11.0. The number of nitrogens with one attached hydrogen (secondary N) is 1. The van der Waals surface area contributed by atoms with Gasteiger partial charge in [0.1, 0.15) is 18.5 Å². The third kappa shape index (κ3) is 7.85. The smallest absolute Gasteiger partial charge is 0.317 e. The summed E-state index contributed by atoms with van der Waals surface area (Å²) in [5.41, 5.74) is 9.12. The minimum atomic E-state index is -0.918. The SMILES string of the molecule is CCOC(COc1ccc(-c2cccc(-c3cccc4c3CC[C@@H]4Oc3ccc(CNCC(=O)O)c(OC)n3)c2C)cc1)OCC. The molecule has 3 aromatic carbocycles. The number of methoxy groups -OCH3 is 1. The van der Waals surface area contributed by atoms with Crippen LogP contribution in [0.2, 0.25) is 0 Å². The van der Waals surface area contributed by atoms with Crippen LogP contribution in [0, 0.1) is 6.92 Å². The van der Waals surface area contributed by atoms with Crippen LogP contribution < -0.4 is 19.5 Å². The zero-order chi connectivity index (χ0) is 32.5. The summed E-state index contributed by atoms with van der Waals surface area (Å²) in [5.74, 6) is 0.734. The van der Waals surface area contributed by atoms with Crippen molar-refractivity contribution in [2.45, 2.75) is 52.6 Å². The van der Waals surface area contributed by atoms with Crippen LogP contribution in [0.15, 0.2) is 72.8 Å². The number of fused-ring (bicyclic) bond motifs is 1. The molecule has 1 aliphatic carbocycles. The second kappa shape index (κ2) is 15.7. The highest BCUT2D eigenvalue weighted by molar-refractivity contribution is 5.80. The molecule has 0 aliphatic heterocycles. The van der Waals surface area contributed by atoms with Crippen LogP contribution in [0.3, 0.4) is 0 Å². The van der Waals surface area contributed by atoms with Crippen molar-refractivity contribution in [3.63, 3.8) is 0 Å². The van der Waals surface area contributed by atoms with Crippen molar-refractivity contribution >= 4 is 5.97 Å². The van der Waals surface area contributed by atoms with Gasteiger partial charge in [0.05, 0.1) is 13.7 Å². The van der Waals surface area contributed by atoms with Gasteiger partial charge in [-0.15, -0.1) is 0 Å². The summed E-state index contributed by atoms with van der Waals surface area (Å²) in [4.78, 5) is 15.4. The number of hydrogen-bond donors (Lipinski definition) is 2. The van der Waals surface area contributed by atoms with Gasteiger partial charge in [-0.1, -0.05) is 48.5 Å². The van der Waals surface area contributed by atoms with Crippen LogP contribution in [0.5, 0.6) is 17.5 Å². The Labute approximate surface area is 270 Å². The maximum absolute atomic E-state index is 10.8. The lowest BCUT2D eigenvalue weighted by Crippen LogP contribution is -2.25. The molecule has 1 heterocycles. The first-order valence-electron chi connectivity index (χ1n) is 15.7. The van der Waals surface area contributed by atoms with Gasteiger partial charge < -0.3 is 34.1 Å². The average Bonchev–Trinajstić information content (AvgIpc) is 3.47. The largest absolute Gasteiger partial charge is 0.488 e. The standard InChI is InChI=1S/C37H42N2O7/c1-5-43-36(44-6-2)23-45-27-16-13-25(14-17-27)28-9-7-10-29(24(28)3)30-11-8-12-32-31(30)18-19-33(32)46-34-20-15-26(37(39-34)42-4)21-38-22-35(40)41/h7-17,20,33,36,38H,5-6,18-19,21-23H2,1-4H3,(H,40,41)/t33-/m0/s1. The van der Waals surface area contributed by atoms with Crippen molar-refractivity contribution < 1.29 is 33.6 Å². The lowest BCUT2D eigenvalue weighted by molar-refractivity contribution is -0.152. The first-order valence-corrected chi connectivity index (χ1v) is 15.7. The fourth-order valence-electron chi connectivity index (χ4n) is 5.92. The molecule has 46 heavy (non-hydrogen) atoms. The summed E-state index contributed by atoms with van der Waals surface area (Å²) in [6.07, 6.45) is 1.21. The highest BCUT2D eigenvalue weighted by Crippen LogP contribution is 2.42. The predicted octanol–water partition coefficient (Wildman–Crippen LogP) is 6.75. The van der Waals surface area contributed by atoms with Crippen molar-refractivity contribution in [2.24, 2.45) is 0 Å². The number of nitrogens with zero attached hydrogens (tertiary/aromatic N) is 1. The monoisotopic (exact) mass is 626 g/mol. The quantitative estimate of drug-likeness (QED) is 0.131. The van der Waals surface area contributed by atoms with Crippen LogP contribution in [0.4, 0.5) is 0 Å². The van der Waals surface area contributed by atoms with E-state index in [1.165, 1.54) is 27.8 Å². The molecule has 0 amide bonds. The fourth-order valence-corrected chi connectivity index (χ4v) is 5.92. The normalized spacial score (nSPS) is 13.9. The Morgan fingerprint density at radius 1 is 0.957 bits per heavy atom. The van der Waals surface area contributed by atoms with Gasteiger partial charge in [0.2, 0.25) is 11.8 Å². The molecule has 0 bridgehead atoms. The van der Waals surface area contributed by atoms with E-state index in [9.17, 15) is 4.79 Å². The average molecular weight is 627 g/mol. The Morgan fingerprint density at radius 3 is 2.39 bits per heavy atom.